The summed E-state index contributed by atoms with van der Waals surface area (Å²) in [6.07, 6.45) is 11.3. The van der Waals surface area contributed by atoms with Crippen molar-refractivity contribution in [2.24, 2.45) is 0 Å². The number of hydrogen-bond acceptors (Lipinski definition) is 5. The molecule has 0 saturated heterocycles. The molecule has 2 aromatic carbocycles. The number of esters is 2. The highest BCUT2D eigenvalue weighted by Crippen LogP contribution is 2.18. The summed E-state index contributed by atoms with van der Waals surface area (Å²) >= 11 is 0. The summed E-state index contributed by atoms with van der Waals surface area (Å²) in [5, 5.41) is 0. The minimum absolute atomic E-state index is 0.116. The Hall–Kier alpha value is -2.82. The monoisotopic (exact) mass is 468 g/mol. The third-order valence-electron chi connectivity index (χ3n) is 5.68. The molecule has 0 N–H and O–H groups in total. The van der Waals surface area contributed by atoms with E-state index in [9.17, 15) is 9.59 Å². The van der Waals surface area contributed by atoms with Crippen LogP contribution in [0.4, 0.5) is 0 Å². The van der Waals surface area contributed by atoms with Gasteiger partial charge in [-0.15, -0.1) is 0 Å². The van der Waals surface area contributed by atoms with Crippen LogP contribution in [0.5, 0.6) is 11.5 Å². The van der Waals surface area contributed by atoms with Gasteiger partial charge in [0.2, 0.25) is 0 Å². The summed E-state index contributed by atoms with van der Waals surface area (Å²) in [7, 11) is 0. The van der Waals surface area contributed by atoms with Crippen molar-refractivity contribution in [2.45, 2.75) is 91.1 Å². The maximum Gasteiger partial charge on any atom is 0.343 e. The number of rotatable bonds is 16. The Morgan fingerprint density at radius 2 is 1.21 bits per heavy atom. The number of ether oxygens (including phenoxy) is 3. The number of hydrogen-bond donors (Lipinski definition) is 0. The van der Waals surface area contributed by atoms with Crippen LogP contribution in [0.3, 0.4) is 0 Å². The van der Waals surface area contributed by atoms with Gasteiger partial charge in [-0.05, 0) is 74.7 Å². The van der Waals surface area contributed by atoms with E-state index in [1.807, 2.05) is 6.92 Å². The average molecular weight is 469 g/mol. The minimum Gasteiger partial charge on any atom is -0.494 e. The maximum atomic E-state index is 12.4. The predicted molar refractivity (Wildman–Crippen MR) is 136 cm³/mol. The first-order valence-electron chi connectivity index (χ1n) is 12.8. The Kier molecular flexibility index (Phi) is 12.8. The van der Waals surface area contributed by atoms with Crippen LogP contribution in [0.2, 0.25) is 0 Å². The largest absolute Gasteiger partial charge is 0.494 e. The zero-order valence-electron chi connectivity index (χ0n) is 21.0. The van der Waals surface area contributed by atoms with Crippen LogP contribution in [-0.4, -0.2) is 24.6 Å². The van der Waals surface area contributed by atoms with E-state index < -0.39 is 5.97 Å². The van der Waals surface area contributed by atoms with Gasteiger partial charge in [-0.1, -0.05) is 58.8 Å². The van der Waals surface area contributed by atoms with Crippen LogP contribution in [0, 0.1) is 0 Å². The van der Waals surface area contributed by atoms with Gasteiger partial charge in [0.1, 0.15) is 11.5 Å². The summed E-state index contributed by atoms with van der Waals surface area (Å²) in [6.45, 7) is 6.98. The van der Waals surface area contributed by atoms with Crippen LogP contribution in [0.1, 0.15) is 106 Å². The van der Waals surface area contributed by atoms with Gasteiger partial charge in [-0.2, -0.15) is 0 Å². The second-order valence-electron chi connectivity index (χ2n) is 8.77. The second-order valence-corrected chi connectivity index (χ2v) is 8.77. The zero-order valence-corrected chi connectivity index (χ0v) is 21.0. The van der Waals surface area contributed by atoms with E-state index >= 15 is 0 Å². The molecule has 186 valence electrons. The molecule has 34 heavy (non-hydrogen) atoms. The molecule has 2 rings (SSSR count). The van der Waals surface area contributed by atoms with Crippen LogP contribution in [0.25, 0.3) is 0 Å². The Bertz CT molecular complexity index is 842. The van der Waals surface area contributed by atoms with E-state index in [1.165, 1.54) is 38.5 Å². The van der Waals surface area contributed by atoms with Crippen LogP contribution in [0.15, 0.2) is 48.5 Å². The first-order chi connectivity index (χ1) is 16.5. The molecule has 0 heterocycles. The Morgan fingerprint density at radius 1 is 0.676 bits per heavy atom. The third kappa shape index (κ3) is 10.4. The molecule has 0 fully saturated rings. The molecule has 5 nitrogen and oxygen atoms in total. The van der Waals surface area contributed by atoms with Crippen molar-refractivity contribution in [3.05, 3.63) is 59.7 Å². The Morgan fingerprint density at radius 3 is 1.82 bits per heavy atom. The standard InChI is InChI=1S/C29H40O5/c1-4-6-8-10-11-13-23(3)33-28(30)24-16-20-27(21-17-24)34-29(31)25-14-18-26(19-15-25)32-22-12-9-7-5-2/h14-21,23H,4-13,22H2,1-3H3/t23-/m0/s1. The van der Waals surface area contributed by atoms with Crippen molar-refractivity contribution in [3.8, 4) is 11.5 Å². The minimum atomic E-state index is -0.457. The molecule has 1 atom stereocenters. The quantitative estimate of drug-likeness (QED) is 0.143. The number of benzene rings is 2. The molecule has 0 radical (unpaired) electrons. The van der Waals surface area contributed by atoms with Gasteiger partial charge in [-0.25, -0.2) is 9.59 Å². The third-order valence-corrected chi connectivity index (χ3v) is 5.68. The fourth-order valence-corrected chi connectivity index (χ4v) is 3.58. The summed E-state index contributed by atoms with van der Waals surface area (Å²) in [6, 6.07) is 13.4. The van der Waals surface area contributed by atoms with Gasteiger partial charge in [0.05, 0.1) is 23.8 Å². The lowest BCUT2D eigenvalue weighted by Crippen LogP contribution is -2.15. The predicted octanol–water partition coefficient (Wildman–Crippen LogP) is 7.77. The summed E-state index contributed by atoms with van der Waals surface area (Å²) in [5.41, 5.74) is 0.882. The van der Waals surface area contributed by atoms with Gasteiger partial charge in [-0.3, -0.25) is 0 Å². The molecule has 0 spiro atoms. The molecule has 0 saturated carbocycles. The summed E-state index contributed by atoms with van der Waals surface area (Å²) in [4.78, 5) is 24.8. The lowest BCUT2D eigenvalue weighted by molar-refractivity contribution is 0.0319. The highest BCUT2D eigenvalue weighted by molar-refractivity contribution is 5.92. The lowest BCUT2D eigenvalue weighted by atomic mass is 10.1. The van der Waals surface area contributed by atoms with Gasteiger partial charge in [0, 0.05) is 0 Å². The topological polar surface area (TPSA) is 61.8 Å². The van der Waals surface area contributed by atoms with Crippen LogP contribution >= 0.6 is 0 Å². The molecule has 0 amide bonds. The van der Waals surface area contributed by atoms with Crippen molar-refractivity contribution in [3.63, 3.8) is 0 Å². The fraction of sp³-hybridized carbons (Fsp3) is 0.517. The molecule has 0 bridgehead atoms. The zero-order chi connectivity index (χ0) is 24.6. The highest BCUT2D eigenvalue weighted by Gasteiger charge is 2.13. The lowest BCUT2D eigenvalue weighted by Gasteiger charge is -2.13. The van der Waals surface area contributed by atoms with E-state index in [4.69, 9.17) is 14.2 Å². The molecule has 5 heteroatoms. The molecule has 0 unspecified atom stereocenters. The van der Waals surface area contributed by atoms with Crippen molar-refractivity contribution < 1.29 is 23.8 Å². The molecule has 0 aliphatic heterocycles. The van der Waals surface area contributed by atoms with Crippen molar-refractivity contribution in [1.29, 1.82) is 0 Å². The second kappa shape index (κ2) is 15.9. The van der Waals surface area contributed by atoms with Crippen LogP contribution in [-0.2, 0) is 4.74 Å². The van der Waals surface area contributed by atoms with E-state index in [-0.39, 0.29) is 12.1 Å². The Balaban J connectivity index is 1.76. The maximum absolute atomic E-state index is 12.4. The number of carbonyl (C=O) groups excluding carboxylic acids is 2. The molecular weight excluding hydrogens is 428 g/mol. The van der Waals surface area contributed by atoms with Gasteiger partial charge >= 0.3 is 11.9 Å². The SMILES string of the molecule is CCCCCCC[C@H](C)OC(=O)c1ccc(OC(=O)c2ccc(OCCCCCC)cc2)cc1. The molecule has 0 aliphatic rings. The number of unbranched alkanes of at least 4 members (excludes halogenated alkanes) is 7. The smallest absolute Gasteiger partial charge is 0.343 e. The highest BCUT2D eigenvalue weighted by atomic mass is 16.5. The first kappa shape index (κ1) is 27.4. The van der Waals surface area contributed by atoms with Crippen molar-refractivity contribution in [1.82, 2.24) is 0 Å². The molecular formula is C29H40O5. The Labute approximate surface area is 204 Å². The van der Waals surface area contributed by atoms with E-state index in [1.54, 1.807) is 48.5 Å². The van der Waals surface area contributed by atoms with Crippen LogP contribution < -0.4 is 9.47 Å². The summed E-state index contributed by atoms with van der Waals surface area (Å²) in [5.74, 6) is 0.304. The van der Waals surface area contributed by atoms with E-state index in [0.717, 1.165) is 31.4 Å². The van der Waals surface area contributed by atoms with Gasteiger partial charge in [0.15, 0.2) is 0 Å². The molecule has 0 aromatic heterocycles. The molecule has 0 aliphatic carbocycles. The van der Waals surface area contributed by atoms with Gasteiger partial charge in [0.25, 0.3) is 0 Å². The van der Waals surface area contributed by atoms with E-state index in [2.05, 4.69) is 13.8 Å². The van der Waals surface area contributed by atoms with E-state index in [0.29, 0.717) is 23.5 Å². The first-order valence-corrected chi connectivity index (χ1v) is 12.8. The van der Waals surface area contributed by atoms with Gasteiger partial charge < -0.3 is 14.2 Å². The van der Waals surface area contributed by atoms with Crippen molar-refractivity contribution >= 4 is 11.9 Å². The summed E-state index contributed by atoms with van der Waals surface area (Å²) < 4.78 is 16.7. The average Bonchev–Trinajstić information content (AvgIpc) is 2.84. The fourth-order valence-electron chi connectivity index (χ4n) is 3.58. The normalized spacial score (nSPS) is 11.6. The molecule has 2 aromatic rings. The number of carbonyl (C=O) groups is 2. The van der Waals surface area contributed by atoms with Crippen molar-refractivity contribution in [2.75, 3.05) is 6.61 Å².